The Balaban J connectivity index is 2.15. The highest BCUT2D eigenvalue weighted by Gasteiger charge is 2.64. The molecule has 0 aromatic heterocycles. The van der Waals surface area contributed by atoms with E-state index in [0.717, 1.165) is 11.3 Å². The van der Waals surface area contributed by atoms with Gasteiger partial charge in [-0.05, 0) is 19.3 Å². The van der Waals surface area contributed by atoms with Gasteiger partial charge in [-0.15, -0.1) is 0 Å². The molecule has 1 heterocycles. The van der Waals surface area contributed by atoms with Crippen LogP contribution in [0.2, 0.25) is 0 Å². The molecule has 3 atom stereocenters. The Hall–Kier alpha value is -1.31. The topological polar surface area (TPSA) is 83.6 Å². The third-order valence-electron chi connectivity index (χ3n) is 4.42. The van der Waals surface area contributed by atoms with Crippen molar-refractivity contribution in [2.24, 2.45) is 17.1 Å². The highest BCUT2D eigenvalue weighted by atomic mass is 19.4. The lowest BCUT2D eigenvalue weighted by Crippen LogP contribution is -2.49. The van der Waals surface area contributed by atoms with Crippen molar-refractivity contribution >= 4 is 11.9 Å². The van der Waals surface area contributed by atoms with Gasteiger partial charge < -0.3 is 15.7 Å². The fourth-order valence-electron chi connectivity index (χ4n) is 3.05. The fraction of sp³-hybridized carbons (Fsp3) is 0.833. The molecule has 1 amide bonds. The number of rotatable bonds is 2. The van der Waals surface area contributed by atoms with Gasteiger partial charge in [0.1, 0.15) is 0 Å². The van der Waals surface area contributed by atoms with Gasteiger partial charge in [0.25, 0.3) is 0 Å². The zero-order valence-electron chi connectivity index (χ0n) is 10.8. The summed E-state index contributed by atoms with van der Waals surface area (Å²) in [6, 6.07) is -0.340. The minimum absolute atomic E-state index is 0.187. The van der Waals surface area contributed by atoms with Crippen molar-refractivity contribution in [2.45, 2.75) is 37.9 Å². The van der Waals surface area contributed by atoms with Gasteiger partial charge in [0, 0.05) is 19.1 Å². The van der Waals surface area contributed by atoms with Crippen molar-refractivity contribution in [3.8, 4) is 0 Å². The maximum absolute atomic E-state index is 13.0. The van der Waals surface area contributed by atoms with Gasteiger partial charge in [0.2, 0.25) is 5.91 Å². The molecule has 8 heteroatoms. The van der Waals surface area contributed by atoms with E-state index < -0.39 is 42.4 Å². The molecule has 2 aliphatic rings. The Labute approximate surface area is 113 Å². The van der Waals surface area contributed by atoms with Gasteiger partial charge in [0.05, 0.1) is 5.92 Å². The number of likely N-dealkylation sites (tertiary alicyclic amines) is 1. The first kappa shape index (κ1) is 15.1. The highest BCUT2D eigenvalue weighted by molar-refractivity contribution is 5.83. The van der Waals surface area contributed by atoms with Crippen LogP contribution in [0.4, 0.5) is 13.2 Å². The van der Waals surface area contributed by atoms with E-state index in [-0.39, 0.29) is 12.6 Å². The Morgan fingerprint density at radius 1 is 1.30 bits per heavy atom. The second-order valence-corrected chi connectivity index (χ2v) is 5.60. The second kappa shape index (κ2) is 4.91. The van der Waals surface area contributed by atoms with Crippen LogP contribution in [-0.2, 0) is 9.59 Å². The van der Waals surface area contributed by atoms with Crippen LogP contribution in [0.25, 0.3) is 0 Å². The van der Waals surface area contributed by atoms with Crippen LogP contribution in [0.15, 0.2) is 0 Å². The molecule has 0 aromatic rings. The van der Waals surface area contributed by atoms with Gasteiger partial charge in [-0.25, -0.2) is 0 Å². The first-order chi connectivity index (χ1) is 9.19. The number of carbonyl (C=O) groups is 2. The van der Waals surface area contributed by atoms with Crippen molar-refractivity contribution < 1.29 is 27.9 Å². The number of aliphatic carboxylic acids is 1. The molecular weight excluding hydrogens is 277 g/mol. The molecule has 1 saturated heterocycles. The van der Waals surface area contributed by atoms with Gasteiger partial charge in [-0.2, -0.15) is 13.2 Å². The molecule has 0 bridgehead atoms. The van der Waals surface area contributed by atoms with E-state index in [1.807, 2.05) is 0 Å². The van der Waals surface area contributed by atoms with E-state index in [4.69, 9.17) is 10.8 Å². The highest BCUT2D eigenvalue weighted by Crippen LogP contribution is 2.46. The summed E-state index contributed by atoms with van der Waals surface area (Å²) in [5.74, 6) is -2.84. The quantitative estimate of drug-likeness (QED) is 0.795. The van der Waals surface area contributed by atoms with Gasteiger partial charge >= 0.3 is 12.1 Å². The van der Waals surface area contributed by atoms with E-state index in [1.54, 1.807) is 0 Å². The lowest BCUT2D eigenvalue weighted by atomic mass is 9.86. The van der Waals surface area contributed by atoms with Gasteiger partial charge in [-0.1, -0.05) is 6.42 Å². The number of hydrogen-bond donors (Lipinski definition) is 2. The Morgan fingerprint density at radius 3 is 2.35 bits per heavy atom. The van der Waals surface area contributed by atoms with Crippen LogP contribution >= 0.6 is 0 Å². The number of carboxylic acids is 1. The van der Waals surface area contributed by atoms with Crippen molar-refractivity contribution in [1.82, 2.24) is 4.90 Å². The first-order valence-corrected chi connectivity index (χ1v) is 6.53. The average molecular weight is 294 g/mol. The molecule has 3 unspecified atom stereocenters. The average Bonchev–Trinajstić information content (AvgIpc) is 2.93. The SMILES string of the molecule is NC1CCCC1C(=O)N1CCC(C(=O)O)(C(F)(F)F)C1. The maximum Gasteiger partial charge on any atom is 0.406 e. The Kier molecular flexibility index (Phi) is 3.70. The molecule has 2 rings (SSSR count). The summed E-state index contributed by atoms with van der Waals surface area (Å²) >= 11 is 0. The third-order valence-corrected chi connectivity index (χ3v) is 4.42. The van der Waals surface area contributed by atoms with E-state index in [9.17, 15) is 22.8 Å². The summed E-state index contributed by atoms with van der Waals surface area (Å²) in [4.78, 5) is 24.2. The molecule has 0 spiro atoms. The number of carbonyl (C=O) groups excluding carboxylic acids is 1. The Bertz CT molecular complexity index is 427. The van der Waals surface area contributed by atoms with E-state index in [0.29, 0.717) is 12.8 Å². The predicted molar refractivity (Wildman–Crippen MR) is 62.6 cm³/mol. The van der Waals surface area contributed by atoms with Crippen LogP contribution in [0.1, 0.15) is 25.7 Å². The molecule has 5 nitrogen and oxygen atoms in total. The standard InChI is InChI=1S/C12H17F3N2O3/c13-12(14,15)11(10(19)20)4-5-17(6-11)9(18)7-2-1-3-8(7)16/h7-8H,1-6,16H2,(H,19,20). The van der Waals surface area contributed by atoms with E-state index in [2.05, 4.69) is 0 Å². The molecule has 1 saturated carbocycles. The van der Waals surface area contributed by atoms with Crippen LogP contribution < -0.4 is 5.73 Å². The zero-order chi connectivity index (χ0) is 15.1. The maximum atomic E-state index is 13.0. The van der Waals surface area contributed by atoms with Crippen molar-refractivity contribution in [3.63, 3.8) is 0 Å². The molecule has 2 fully saturated rings. The number of nitrogens with two attached hydrogens (primary N) is 1. The number of hydrogen-bond acceptors (Lipinski definition) is 3. The molecular formula is C12H17F3N2O3. The van der Waals surface area contributed by atoms with Crippen LogP contribution in [-0.4, -0.2) is 47.2 Å². The number of amides is 1. The number of alkyl halides is 3. The van der Waals surface area contributed by atoms with Crippen molar-refractivity contribution in [2.75, 3.05) is 13.1 Å². The lowest BCUT2D eigenvalue weighted by molar-refractivity contribution is -0.227. The summed E-state index contributed by atoms with van der Waals surface area (Å²) in [7, 11) is 0. The summed E-state index contributed by atoms with van der Waals surface area (Å²) in [5, 5.41) is 8.93. The molecule has 114 valence electrons. The number of carboxylic acid groups (broad SMARTS) is 1. The minimum atomic E-state index is -4.87. The van der Waals surface area contributed by atoms with Gasteiger partial charge in [-0.3, -0.25) is 9.59 Å². The van der Waals surface area contributed by atoms with Crippen LogP contribution in [0.5, 0.6) is 0 Å². The molecule has 0 radical (unpaired) electrons. The fourth-order valence-corrected chi connectivity index (χ4v) is 3.05. The first-order valence-electron chi connectivity index (χ1n) is 6.53. The summed E-state index contributed by atoms with van der Waals surface area (Å²) < 4.78 is 39.0. The van der Waals surface area contributed by atoms with Crippen molar-refractivity contribution in [1.29, 1.82) is 0 Å². The molecule has 1 aliphatic heterocycles. The summed E-state index contributed by atoms with van der Waals surface area (Å²) in [6.45, 7) is -0.998. The molecule has 0 aromatic carbocycles. The summed E-state index contributed by atoms with van der Waals surface area (Å²) in [6.07, 6.45) is -3.46. The largest absolute Gasteiger partial charge is 0.481 e. The van der Waals surface area contributed by atoms with E-state index in [1.165, 1.54) is 0 Å². The van der Waals surface area contributed by atoms with Crippen molar-refractivity contribution in [3.05, 3.63) is 0 Å². The van der Waals surface area contributed by atoms with Gasteiger partial charge in [0.15, 0.2) is 5.41 Å². The number of halogens is 3. The monoisotopic (exact) mass is 294 g/mol. The second-order valence-electron chi connectivity index (χ2n) is 5.60. The predicted octanol–water partition coefficient (Wildman–Crippen LogP) is 0.979. The van der Waals surface area contributed by atoms with Crippen LogP contribution in [0.3, 0.4) is 0 Å². The molecule has 20 heavy (non-hydrogen) atoms. The third kappa shape index (κ3) is 2.25. The zero-order valence-corrected chi connectivity index (χ0v) is 10.8. The van der Waals surface area contributed by atoms with Crippen LogP contribution in [0, 0.1) is 11.3 Å². The minimum Gasteiger partial charge on any atom is -0.481 e. The molecule has 1 aliphatic carbocycles. The normalized spacial score (nSPS) is 34.5. The summed E-state index contributed by atoms with van der Waals surface area (Å²) in [5.41, 5.74) is 2.93. The smallest absolute Gasteiger partial charge is 0.406 e. The molecule has 3 N–H and O–H groups in total. The number of nitrogens with zero attached hydrogens (tertiary/aromatic N) is 1. The lowest BCUT2D eigenvalue weighted by Gasteiger charge is -2.28. The van der Waals surface area contributed by atoms with E-state index >= 15 is 0 Å². The Morgan fingerprint density at radius 2 is 1.95 bits per heavy atom.